The van der Waals surface area contributed by atoms with Gasteiger partial charge in [-0.2, -0.15) is 10.4 Å². The number of hydrogen-bond donors (Lipinski definition) is 1. The van der Waals surface area contributed by atoms with Crippen LogP contribution in [0.15, 0.2) is 31.0 Å². The Balaban J connectivity index is 1.72. The van der Waals surface area contributed by atoms with Crippen LogP contribution in [0.3, 0.4) is 0 Å². The number of hydrogen-bond acceptors (Lipinski definition) is 4. The van der Waals surface area contributed by atoms with E-state index in [0.717, 1.165) is 22.3 Å². The Labute approximate surface area is 132 Å². The van der Waals surface area contributed by atoms with Crippen LogP contribution in [0.2, 0.25) is 0 Å². The lowest BCUT2D eigenvalue weighted by Crippen LogP contribution is -2.47. The predicted octanol–water partition coefficient (Wildman–Crippen LogP) is 2.81. The molecule has 0 spiro atoms. The van der Waals surface area contributed by atoms with Gasteiger partial charge in [-0.3, -0.25) is 9.07 Å². The Bertz CT molecular complexity index is 883. The van der Waals surface area contributed by atoms with Crippen molar-refractivity contribution in [3.8, 4) is 17.3 Å². The first-order valence-electron chi connectivity index (χ1n) is 7.52. The molecular formula is C16H15FN6. The molecule has 0 unspecified atom stereocenters. The minimum absolute atomic E-state index is 0.0337. The van der Waals surface area contributed by atoms with Crippen molar-refractivity contribution in [2.45, 2.75) is 24.8 Å². The van der Waals surface area contributed by atoms with Gasteiger partial charge in [0, 0.05) is 23.3 Å². The van der Waals surface area contributed by atoms with Gasteiger partial charge in [0.05, 0.1) is 36.6 Å². The van der Waals surface area contributed by atoms with E-state index in [9.17, 15) is 4.39 Å². The van der Waals surface area contributed by atoms with Gasteiger partial charge in [-0.25, -0.2) is 9.97 Å². The normalized spacial score (nSPS) is 23.6. The predicted molar refractivity (Wildman–Crippen MR) is 82.0 cm³/mol. The molecule has 3 aromatic rings. The van der Waals surface area contributed by atoms with Crippen molar-refractivity contribution in [2.75, 3.05) is 6.67 Å². The number of halogens is 1. The number of nitriles is 1. The van der Waals surface area contributed by atoms with E-state index in [0.29, 0.717) is 19.3 Å². The summed E-state index contributed by atoms with van der Waals surface area (Å²) in [4.78, 5) is 11.6. The van der Waals surface area contributed by atoms with E-state index in [1.54, 1.807) is 6.20 Å². The SMILES string of the molecule is N#CC[C@]1(n2cc(-c3ncnc4[nH]ccc34)cn2)C[C@@H](CF)C1. The lowest BCUT2D eigenvalue weighted by molar-refractivity contribution is 0.0417. The van der Waals surface area contributed by atoms with Crippen LogP contribution in [-0.4, -0.2) is 31.4 Å². The van der Waals surface area contributed by atoms with Gasteiger partial charge >= 0.3 is 0 Å². The van der Waals surface area contributed by atoms with Crippen LogP contribution in [-0.2, 0) is 5.54 Å². The molecule has 116 valence electrons. The zero-order chi connectivity index (χ0) is 15.9. The lowest BCUT2D eigenvalue weighted by Gasteiger charge is -2.45. The lowest BCUT2D eigenvalue weighted by atomic mass is 9.67. The Morgan fingerprint density at radius 2 is 2.30 bits per heavy atom. The molecule has 0 saturated heterocycles. The average molecular weight is 310 g/mol. The minimum atomic E-state index is -0.381. The van der Waals surface area contributed by atoms with Crippen LogP contribution in [0, 0.1) is 17.2 Å². The molecule has 4 rings (SSSR count). The monoisotopic (exact) mass is 310 g/mol. The highest BCUT2D eigenvalue weighted by Crippen LogP contribution is 2.46. The van der Waals surface area contributed by atoms with Gasteiger partial charge in [-0.05, 0) is 24.8 Å². The van der Waals surface area contributed by atoms with E-state index in [1.165, 1.54) is 6.33 Å². The van der Waals surface area contributed by atoms with Crippen molar-refractivity contribution in [1.29, 1.82) is 5.26 Å². The van der Waals surface area contributed by atoms with Gasteiger partial charge in [-0.1, -0.05) is 0 Å². The van der Waals surface area contributed by atoms with E-state index >= 15 is 0 Å². The van der Waals surface area contributed by atoms with Crippen molar-refractivity contribution in [1.82, 2.24) is 24.7 Å². The van der Waals surface area contributed by atoms with E-state index in [-0.39, 0.29) is 18.1 Å². The number of aromatic nitrogens is 5. The fourth-order valence-electron chi connectivity index (χ4n) is 3.49. The molecule has 1 N–H and O–H groups in total. The minimum Gasteiger partial charge on any atom is -0.346 e. The summed E-state index contributed by atoms with van der Waals surface area (Å²) in [5.41, 5.74) is 2.07. The van der Waals surface area contributed by atoms with Crippen molar-refractivity contribution < 1.29 is 4.39 Å². The van der Waals surface area contributed by atoms with Crippen molar-refractivity contribution in [2.24, 2.45) is 5.92 Å². The molecule has 0 radical (unpaired) electrons. The Hall–Kier alpha value is -2.75. The average Bonchev–Trinajstić information content (AvgIpc) is 3.18. The van der Waals surface area contributed by atoms with E-state index in [4.69, 9.17) is 5.26 Å². The van der Waals surface area contributed by atoms with Gasteiger partial charge < -0.3 is 4.98 Å². The second-order valence-electron chi connectivity index (χ2n) is 6.12. The molecule has 1 saturated carbocycles. The molecule has 1 aliphatic rings. The molecule has 3 aromatic heterocycles. The van der Waals surface area contributed by atoms with E-state index in [1.807, 2.05) is 23.1 Å². The number of aromatic amines is 1. The van der Waals surface area contributed by atoms with Crippen LogP contribution in [0.1, 0.15) is 19.3 Å². The standard InChI is InChI=1S/C16H15FN6/c17-7-11-5-16(6-11,2-3-18)23-9-12(8-22-23)14-13-1-4-19-15(13)21-10-20-14/h1,4,8-11H,2,5-7H2,(H,19,20,21)/t11-,16+. The van der Waals surface area contributed by atoms with Gasteiger partial charge in [-0.15, -0.1) is 0 Å². The van der Waals surface area contributed by atoms with Crippen LogP contribution < -0.4 is 0 Å². The first-order valence-corrected chi connectivity index (χ1v) is 7.52. The third-order valence-electron chi connectivity index (χ3n) is 4.66. The molecule has 0 atom stereocenters. The topological polar surface area (TPSA) is 83.2 Å². The summed E-state index contributed by atoms with van der Waals surface area (Å²) in [5.74, 6) is 0.0337. The highest BCUT2D eigenvalue weighted by atomic mass is 19.1. The molecule has 7 heteroatoms. The van der Waals surface area contributed by atoms with Crippen LogP contribution in [0.4, 0.5) is 4.39 Å². The molecule has 0 aliphatic heterocycles. The molecule has 0 amide bonds. The molecule has 0 aromatic carbocycles. The van der Waals surface area contributed by atoms with E-state index < -0.39 is 0 Å². The summed E-state index contributed by atoms with van der Waals surface area (Å²) in [6.45, 7) is -0.336. The molecule has 1 aliphatic carbocycles. The third-order valence-corrected chi connectivity index (χ3v) is 4.66. The number of nitrogens with one attached hydrogen (secondary N) is 1. The number of H-pyrrole nitrogens is 1. The fourth-order valence-corrected chi connectivity index (χ4v) is 3.49. The zero-order valence-corrected chi connectivity index (χ0v) is 12.4. The molecular weight excluding hydrogens is 295 g/mol. The van der Waals surface area contributed by atoms with Gasteiger partial charge in [0.15, 0.2) is 0 Å². The quantitative estimate of drug-likeness (QED) is 0.803. The molecule has 1 fully saturated rings. The Morgan fingerprint density at radius 1 is 1.43 bits per heavy atom. The van der Waals surface area contributed by atoms with Crippen molar-refractivity contribution in [3.05, 3.63) is 31.0 Å². The van der Waals surface area contributed by atoms with Gasteiger partial charge in [0.1, 0.15) is 12.0 Å². The van der Waals surface area contributed by atoms with Crippen LogP contribution >= 0.6 is 0 Å². The second kappa shape index (κ2) is 5.16. The summed E-state index contributed by atoms with van der Waals surface area (Å²) in [6, 6.07) is 4.14. The largest absolute Gasteiger partial charge is 0.346 e. The number of fused-ring (bicyclic) bond motifs is 1. The highest BCUT2D eigenvalue weighted by molar-refractivity contribution is 5.89. The van der Waals surface area contributed by atoms with Crippen molar-refractivity contribution >= 4 is 11.0 Å². The van der Waals surface area contributed by atoms with Crippen LogP contribution in [0.25, 0.3) is 22.3 Å². The summed E-state index contributed by atoms with van der Waals surface area (Å²) < 4.78 is 14.6. The zero-order valence-electron chi connectivity index (χ0n) is 12.4. The number of nitrogens with zero attached hydrogens (tertiary/aromatic N) is 5. The Morgan fingerprint density at radius 3 is 3.09 bits per heavy atom. The molecule has 23 heavy (non-hydrogen) atoms. The van der Waals surface area contributed by atoms with Crippen molar-refractivity contribution in [3.63, 3.8) is 0 Å². The van der Waals surface area contributed by atoms with Gasteiger partial charge in [0.25, 0.3) is 0 Å². The molecule has 6 nitrogen and oxygen atoms in total. The van der Waals surface area contributed by atoms with E-state index in [2.05, 4.69) is 26.1 Å². The molecule has 3 heterocycles. The Kier molecular flexibility index (Phi) is 3.11. The summed E-state index contributed by atoms with van der Waals surface area (Å²) in [6.07, 6.45) is 8.63. The first kappa shape index (κ1) is 13.9. The summed E-state index contributed by atoms with van der Waals surface area (Å²) in [7, 11) is 0. The van der Waals surface area contributed by atoms with Crippen LogP contribution in [0.5, 0.6) is 0 Å². The van der Waals surface area contributed by atoms with Gasteiger partial charge in [0.2, 0.25) is 0 Å². The number of rotatable bonds is 4. The maximum absolute atomic E-state index is 12.8. The summed E-state index contributed by atoms with van der Waals surface area (Å²) in [5, 5.41) is 14.5. The molecule has 0 bridgehead atoms. The smallest absolute Gasteiger partial charge is 0.141 e. The summed E-state index contributed by atoms with van der Waals surface area (Å²) >= 11 is 0. The first-order chi connectivity index (χ1) is 11.3. The fraction of sp³-hybridized carbons (Fsp3) is 0.375. The maximum Gasteiger partial charge on any atom is 0.141 e. The maximum atomic E-state index is 12.8. The third kappa shape index (κ3) is 2.10. The second-order valence-corrected chi connectivity index (χ2v) is 6.12. The number of alkyl halides is 1. The highest BCUT2D eigenvalue weighted by Gasteiger charge is 2.46.